The molecule has 0 spiro atoms. The van der Waals surface area contributed by atoms with E-state index in [1.54, 1.807) is 6.07 Å². The summed E-state index contributed by atoms with van der Waals surface area (Å²) in [5.41, 5.74) is 3.08. The van der Waals surface area contributed by atoms with Crippen LogP contribution in [-0.2, 0) is 0 Å². The lowest BCUT2D eigenvalue weighted by Crippen LogP contribution is -2.27. The van der Waals surface area contributed by atoms with Gasteiger partial charge in [0.15, 0.2) is 0 Å². The summed E-state index contributed by atoms with van der Waals surface area (Å²) in [4.78, 5) is 20.6. The summed E-state index contributed by atoms with van der Waals surface area (Å²) in [6.07, 6.45) is 1.40. The van der Waals surface area contributed by atoms with Gasteiger partial charge in [0.1, 0.15) is 17.8 Å². The summed E-state index contributed by atoms with van der Waals surface area (Å²) in [5, 5.41) is 6.16. The zero-order valence-corrected chi connectivity index (χ0v) is 13.7. The lowest BCUT2D eigenvalue weighted by atomic mass is 10.1. The van der Waals surface area contributed by atoms with Gasteiger partial charge in [-0.25, -0.2) is 9.97 Å². The van der Waals surface area contributed by atoms with Crippen LogP contribution < -0.4 is 10.6 Å². The van der Waals surface area contributed by atoms with Crippen molar-refractivity contribution in [3.8, 4) is 0 Å². The molecule has 0 saturated heterocycles. The number of nitrogens with zero attached hydrogens (tertiary/aromatic N) is 2. The second kappa shape index (κ2) is 6.13. The molecule has 0 saturated carbocycles. The predicted octanol–water partition coefficient (Wildman–Crippen LogP) is 3.56. The van der Waals surface area contributed by atoms with Crippen molar-refractivity contribution in [1.29, 1.82) is 0 Å². The third-order valence-corrected chi connectivity index (χ3v) is 3.12. The first-order chi connectivity index (χ1) is 10.3. The molecule has 0 aliphatic rings. The normalized spacial score (nSPS) is 11.1. The van der Waals surface area contributed by atoms with Crippen LogP contribution in [0.3, 0.4) is 0 Å². The van der Waals surface area contributed by atoms with Crippen molar-refractivity contribution in [1.82, 2.24) is 9.97 Å². The van der Waals surface area contributed by atoms with Gasteiger partial charge in [0.25, 0.3) is 5.91 Å². The molecule has 2 rings (SSSR count). The van der Waals surface area contributed by atoms with E-state index in [4.69, 9.17) is 0 Å². The maximum Gasteiger partial charge on any atom is 0.274 e. The molecule has 0 radical (unpaired) electrons. The molecule has 5 nitrogen and oxygen atoms in total. The van der Waals surface area contributed by atoms with Crippen LogP contribution >= 0.6 is 0 Å². The summed E-state index contributed by atoms with van der Waals surface area (Å²) in [7, 11) is 0. The van der Waals surface area contributed by atoms with E-state index in [0.29, 0.717) is 11.5 Å². The quantitative estimate of drug-likeness (QED) is 0.909. The van der Waals surface area contributed by atoms with Gasteiger partial charge in [0.05, 0.1) is 0 Å². The highest BCUT2D eigenvalue weighted by Crippen LogP contribution is 2.20. The van der Waals surface area contributed by atoms with Gasteiger partial charge >= 0.3 is 0 Å². The summed E-state index contributed by atoms with van der Waals surface area (Å²) in [5.74, 6) is 0.394. The maximum absolute atomic E-state index is 12.4. The molecule has 0 fully saturated rings. The van der Waals surface area contributed by atoms with Gasteiger partial charge in [-0.2, -0.15) is 0 Å². The van der Waals surface area contributed by atoms with E-state index in [1.165, 1.54) is 6.33 Å². The first-order valence-corrected chi connectivity index (χ1v) is 7.24. The first kappa shape index (κ1) is 15.9. The first-order valence-electron chi connectivity index (χ1n) is 7.24. The molecule has 0 bridgehead atoms. The molecule has 5 heteroatoms. The average molecular weight is 298 g/mol. The molecule has 0 aliphatic carbocycles. The number of anilines is 2. The number of amides is 1. The minimum atomic E-state index is -0.239. The van der Waals surface area contributed by atoms with Gasteiger partial charge in [-0.05, 0) is 45.7 Å². The van der Waals surface area contributed by atoms with E-state index in [2.05, 4.69) is 20.6 Å². The largest absolute Gasteiger partial charge is 0.365 e. The number of hydrogen-bond acceptors (Lipinski definition) is 4. The Morgan fingerprint density at radius 2 is 1.73 bits per heavy atom. The zero-order valence-electron chi connectivity index (χ0n) is 13.7. The fourth-order valence-corrected chi connectivity index (χ4v) is 2.12. The highest BCUT2D eigenvalue weighted by molar-refractivity contribution is 6.04. The number of aromatic nitrogens is 2. The second-order valence-electron chi connectivity index (χ2n) is 6.38. The number of carbonyl (C=O) groups is 1. The molecule has 0 aliphatic heterocycles. The molecule has 22 heavy (non-hydrogen) atoms. The Hall–Kier alpha value is -2.43. The molecule has 1 aromatic heterocycles. The smallest absolute Gasteiger partial charge is 0.274 e. The number of carbonyl (C=O) groups excluding carboxylic acids is 1. The van der Waals surface area contributed by atoms with Crippen LogP contribution in [0, 0.1) is 13.8 Å². The highest BCUT2D eigenvalue weighted by atomic mass is 16.1. The Balaban J connectivity index is 2.22. The third-order valence-electron chi connectivity index (χ3n) is 3.12. The molecule has 116 valence electrons. The zero-order chi connectivity index (χ0) is 16.3. The van der Waals surface area contributed by atoms with Crippen LogP contribution in [0.25, 0.3) is 0 Å². The fourth-order valence-electron chi connectivity index (χ4n) is 2.12. The van der Waals surface area contributed by atoms with Crippen LogP contribution in [0.4, 0.5) is 11.5 Å². The van der Waals surface area contributed by atoms with E-state index in [0.717, 1.165) is 16.8 Å². The van der Waals surface area contributed by atoms with Gasteiger partial charge in [0, 0.05) is 17.3 Å². The molecule has 0 atom stereocenters. The van der Waals surface area contributed by atoms with Gasteiger partial charge in [-0.1, -0.05) is 18.2 Å². The minimum absolute atomic E-state index is 0.130. The van der Waals surface area contributed by atoms with Crippen molar-refractivity contribution >= 4 is 17.4 Å². The van der Waals surface area contributed by atoms with Gasteiger partial charge < -0.3 is 10.6 Å². The molecule has 0 unspecified atom stereocenters. The SMILES string of the molecule is Cc1cccc(C)c1NC(=O)c1cc(NC(C)(C)C)ncn1. The van der Waals surface area contributed by atoms with Crippen molar-refractivity contribution < 1.29 is 4.79 Å². The Bertz CT molecular complexity index is 669. The van der Waals surface area contributed by atoms with E-state index in [1.807, 2.05) is 52.8 Å². The van der Waals surface area contributed by atoms with Gasteiger partial charge in [-0.15, -0.1) is 0 Å². The second-order valence-corrected chi connectivity index (χ2v) is 6.38. The van der Waals surface area contributed by atoms with E-state index >= 15 is 0 Å². The number of benzene rings is 1. The number of nitrogens with one attached hydrogen (secondary N) is 2. The molecule has 2 N–H and O–H groups in total. The van der Waals surface area contributed by atoms with Crippen LogP contribution in [0.15, 0.2) is 30.6 Å². The van der Waals surface area contributed by atoms with Crippen LogP contribution in [0.5, 0.6) is 0 Å². The maximum atomic E-state index is 12.4. The third kappa shape index (κ3) is 4.04. The van der Waals surface area contributed by atoms with Crippen molar-refractivity contribution in [2.75, 3.05) is 10.6 Å². The lowest BCUT2D eigenvalue weighted by molar-refractivity contribution is 0.102. The fraction of sp³-hybridized carbons (Fsp3) is 0.353. The van der Waals surface area contributed by atoms with Crippen LogP contribution in [0.2, 0.25) is 0 Å². The molecular weight excluding hydrogens is 276 g/mol. The topological polar surface area (TPSA) is 66.9 Å². The van der Waals surface area contributed by atoms with Crippen molar-refractivity contribution in [3.63, 3.8) is 0 Å². The van der Waals surface area contributed by atoms with Crippen molar-refractivity contribution in [2.24, 2.45) is 0 Å². The molecule has 1 aromatic carbocycles. The van der Waals surface area contributed by atoms with E-state index in [-0.39, 0.29) is 11.4 Å². The monoisotopic (exact) mass is 298 g/mol. The van der Waals surface area contributed by atoms with Crippen molar-refractivity contribution in [3.05, 3.63) is 47.4 Å². The van der Waals surface area contributed by atoms with E-state index < -0.39 is 0 Å². The Labute approximate surface area is 131 Å². The summed E-state index contributed by atoms with van der Waals surface area (Å²) >= 11 is 0. The highest BCUT2D eigenvalue weighted by Gasteiger charge is 2.14. The summed E-state index contributed by atoms with van der Waals surface area (Å²) in [6.45, 7) is 10.0. The Morgan fingerprint density at radius 1 is 1.09 bits per heavy atom. The molecule has 1 amide bonds. The van der Waals surface area contributed by atoms with Gasteiger partial charge in [0.2, 0.25) is 0 Å². The van der Waals surface area contributed by atoms with Crippen LogP contribution in [-0.4, -0.2) is 21.4 Å². The minimum Gasteiger partial charge on any atom is -0.365 e. The van der Waals surface area contributed by atoms with E-state index in [9.17, 15) is 4.79 Å². The lowest BCUT2D eigenvalue weighted by Gasteiger charge is -2.21. The van der Waals surface area contributed by atoms with Crippen molar-refractivity contribution in [2.45, 2.75) is 40.2 Å². The Morgan fingerprint density at radius 3 is 2.32 bits per heavy atom. The number of hydrogen-bond donors (Lipinski definition) is 2. The molecular formula is C17H22N4O. The molecule has 2 aromatic rings. The van der Waals surface area contributed by atoms with Gasteiger partial charge in [-0.3, -0.25) is 4.79 Å². The average Bonchev–Trinajstić information content (AvgIpc) is 2.41. The standard InChI is InChI=1S/C17H22N4O/c1-11-7-6-8-12(2)15(11)20-16(22)13-9-14(19-10-18-13)21-17(3,4)5/h6-10H,1-5H3,(H,20,22)(H,18,19,21). The summed E-state index contributed by atoms with van der Waals surface area (Å²) in [6, 6.07) is 7.56. The predicted molar refractivity (Wildman–Crippen MR) is 89.3 cm³/mol. The molecule has 1 heterocycles. The Kier molecular flexibility index (Phi) is 4.45. The number of aryl methyl sites for hydroxylation is 2. The van der Waals surface area contributed by atoms with Crippen LogP contribution in [0.1, 0.15) is 42.4 Å². The summed E-state index contributed by atoms with van der Waals surface area (Å²) < 4.78 is 0. The number of para-hydroxylation sites is 1. The number of rotatable bonds is 3.